The van der Waals surface area contributed by atoms with Crippen molar-refractivity contribution in [2.45, 2.75) is 26.9 Å². The Morgan fingerprint density at radius 1 is 1.10 bits per heavy atom. The number of amides is 1. The van der Waals surface area contributed by atoms with Crippen LogP contribution in [0.2, 0.25) is 0 Å². The fourth-order valence-electron chi connectivity index (χ4n) is 1.86. The lowest BCUT2D eigenvalue weighted by molar-refractivity contribution is -0.122. The molecule has 0 spiro atoms. The van der Waals surface area contributed by atoms with E-state index in [-0.39, 0.29) is 5.91 Å². The van der Waals surface area contributed by atoms with Crippen LogP contribution < -0.4 is 10.1 Å². The highest BCUT2D eigenvalue weighted by Crippen LogP contribution is 2.17. The van der Waals surface area contributed by atoms with E-state index in [9.17, 15) is 4.79 Å². The van der Waals surface area contributed by atoms with Gasteiger partial charge in [-0.1, -0.05) is 30.3 Å². The topological polar surface area (TPSA) is 38.3 Å². The van der Waals surface area contributed by atoms with E-state index < -0.39 is 6.10 Å². The van der Waals surface area contributed by atoms with E-state index >= 15 is 0 Å². The molecule has 1 atom stereocenters. The maximum Gasteiger partial charge on any atom is 0.265 e. The van der Waals surface area contributed by atoms with E-state index in [1.807, 2.05) is 62.4 Å². The number of hydrogen-bond acceptors (Lipinski definition) is 2. The Labute approximate surface area is 119 Å². The average molecular weight is 269 g/mol. The average Bonchev–Trinajstić information content (AvgIpc) is 2.44. The lowest BCUT2D eigenvalue weighted by Crippen LogP contribution is -2.30. The highest BCUT2D eigenvalue weighted by Gasteiger charge is 2.15. The summed E-state index contributed by atoms with van der Waals surface area (Å²) in [6.07, 6.45) is -0.544. The molecule has 0 saturated heterocycles. The first-order valence-electron chi connectivity index (χ1n) is 6.66. The van der Waals surface area contributed by atoms with Gasteiger partial charge < -0.3 is 10.1 Å². The van der Waals surface area contributed by atoms with Crippen LogP contribution in [0.4, 0.5) is 5.69 Å². The van der Waals surface area contributed by atoms with Crippen molar-refractivity contribution in [3.8, 4) is 5.75 Å². The second-order valence-corrected chi connectivity index (χ2v) is 4.88. The molecule has 0 aliphatic heterocycles. The molecule has 2 rings (SSSR count). The van der Waals surface area contributed by atoms with Crippen molar-refractivity contribution >= 4 is 11.6 Å². The Kier molecular flexibility index (Phi) is 4.41. The van der Waals surface area contributed by atoms with Gasteiger partial charge in [-0.25, -0.2) is 0 Å². The van der Waals surface area contributed by atoms with Crippen LogP contribution in [0.1, 0.15) is 18.1 Å². The first kappa shape index (κ1) is 14.1. The van der Waals surface area contributed by atoms with Crippen molar-refractivity contribution < 1.29 is 9.53 Å². The molecular weight excluding hydrogens is 250 g/mol. The van der Waals surface area contributed by atoms with Crippen LogP contribution in [-0.4, -0.2) is 12.0 Å². The number of nitrogens with one attached hydrogen (secondary N) is 1. The van der Waals surface area contributed by atoms with Crippen LogP contribution in [0.5, 0.6) is 5.75 Å². The third-order valence-corrected chi connectivity index (χ3v) is 3.08. The maximum atomic E-state index is 12.1. The van der Waals surface area contributed by atoms with Crippen molar-refractivity contribution in [3.05, 3.63) is 59.7 Å². The van der Waals surface area contributed by atoms with Crippen LogP contribution in [0.15, 0.2) is 48.5 Å². The van der Waals surface area contributed by atoms with Gasteiger partial charge in [-0.05, 0) is 50.1 Å². The predicted molar refractivity (Wildman–Crippen MR) is 81.1 cm³/mol. The summed E-state index contributed by atoms with van der Waals surface area (Å²) in [6.45, 7) is 5.71. The predicted octanol–water partition coefficient (Wildman–Crippen LogP) is 3.71. The zero-order chi connectivity index (χ0) is 14.5. The van der Waals surface area contributed by atoms with Gasteiger partial charge in [0.2, 0.25) is 0 Å². The van der Waals surface area contributed by atoms with Gasteiger partial charge >= 0.3 is 0 Å². The molecule has 1 N–H and O–H groups in total. The minimum atomic E-state index is -0.544. The third-order valence-electron chi connectivity index (χ3n) is 3.08. The van der Waals surface area contributed by atoms with Gasteiger partial charge in [0.15, 0.2) is 6.10 Å². The zero-order valence-electron chi connectivity index (χ0n) is 12.0. The quantitative estimate of drug-likeness (QED) is 0.919. The van der Waals surface area contributed by atoms with E-state index in [0.29, 0.717) is 5.75 Å². The summed E-state index contributed by atoms with van der Waals surface area (Å²) in [5, 5.41) is 2.91. The standard InChI is InChI=1S/C17H19NO2/c1-12-9-10-13(2)16(11-12)18-17(19)14(3)20-15-7-5-4-6-8-15/h4-11,14H,1-3H3,(H,18,19). The van der Waals surface area contributed by atoms with Crippen molar-refractivity contribution in [2.75, 3.05) is 5.32 Å². The molecule has 1 unspecified atom stereocenters. The van der Waals surface area contributed by atoms with Crippen LogP contribution in [-0.2, 0) is 4.79 Å². The van der Waals surface area contributed by atoms with Crippen molar-refractivity contribution in [1.82, 2.24) is 0 Å². The molecule has 0 radical (unpaired) electrons. The van der Waals surface area contributed by atoms with Crippen LogP contribution in [0.3, 0.4) is 0 Å². The van der Waals surface area contributed by atoms with Gasteiger partial charge in [0, 0.05) is 5.69 Å². The summed E-state index contributed by atoms with van der Waals surface area (Å²) in [5.74, 6) is 0.540. The Balaban J connectivity index is 2.02. The number of aryl methyl sites for hydroxylation is 2. The van der Waals surface area contributed by atoms with E-state index in [2.05, 4.69) is 5.32 Å². The summed E-state index contributed by atoms with van der Waals surface area (Å²) in [4.78, 5) is 12.1. The lowest BCUT2D eigenvalue weighted by Gasteiger charge is -2.16. The molecular formula is C17H19NO2. The van der Waals surface area contributed by atoms with Gasteiger partial charge in [-0.3, -0.25) is 4.79 Å². The second kappa shape index (κ2) is 6.24. The smallest absolute Gasteiger partial charge is 0.265 e. The van der Waals surface area contributed by atoms with E-state index in [1.165, 1.54) is 0 Å². The Morgan fingerprint density at radius 2 is 1.80 bits per heavy atom. The molecule has 0 fully saturated rings. The molecule has 0 heterocycles. The highest BCUT2D eigenvalue weighted by atomic mass is 16.5. The number of carbonyl (C=O) groups excluding carboxylic acids is 1. The number of carbonyl (C=O) groups is 1. The third kappa shape index (κ3) is 3.60. The van der Waals surface area contributed by atoms with Crippen LogP contribution in [0, 0.1) is 13.8 Å². The van der Waals surface area contributed by atoms with E-state index in [4.69, 9.17) is 4.74 Å². The molecule has 0 saturated carbocycles. The van der Waals surface area contributed by atoms with E-state index in [0.717, 1.165) is 16.8 Å². The van der Waals surface area contributed by atoms with Gasteiger partial charge in [0.25, 0.3) is 5.91 Å². The van der Waals surface area contributed by atoms with Gasteiger partial charge in [-0.2, -0.15) is 0 Å². The minimum absolute atomic E-state index is 0.150. The summed E-state index contributed by atoms with van der Waals surface area (Å²) in [5.41, 5.74) is 2.98. The molecule has 104 valence electrons. The zero-order valence-corrected chi connectivity index (χ0v) is 12.0. The normalized spacial score (nSPS) is 11.8. The van der Waals surface area contributed by atoms with Gasteiger partial charge in [-0.15, -0.1) is 0 Å². The van der Waals surface area contributed by atoms with Crippen LogP contribution in [0.25, 0.3) is 0 Å². The minimum Gasteiger partial charge on any atom is -0.481 e. The number of ether oxygens (including phenoxy) is 1. The molecule has 0 aliphatic carbocycles. The number of anilines is 1. The fourth-order valence-corrected chi connectivity index (χ4v) is 1.86. The summed E-state index contributed by atoms with van der Waals surface area (Å²) >= 11 is 0. The lowest BCUT2D eigenvalue weighted by atomic mass is 10.1. The molecule has 0 aliphatic rings. The van der Waals surface area contributed by atoms with Crippen molar-refractivity contribution in [3.63, 3.8) is 0 Å². The number of para-hydroxylation sites is 1. The Hall–Kier alpha value is -2.29. The number of hydrogen-bond donors (Lipinski definition) is 1. The molecule has 2 aromatic rings. The van der Waals surface area contributed by atoms with Crippen molar-refractivity contribution in [1.29, 1.82) is 0 Å². The van der Waals surface area contributed by atoms with Crippen molar-refractivity contribution in [2.24, 2.45) is 0 Å². The van der Waals surface area contributed by atoms with Gasteiger partial charge in [0.1, 0.15) is 5.75 Å². The molecule has 0 bridgehead atoms. The first-order valence-corrected chi connectivity index (χ1v) is 6.66. The van der Waals surface area contributed by atoms with Crippen LogP contribution >= 0.6 is 0 Å². The van der Waals surface area contributed by atoms with E-state index in [1.54, 1.807) is 6.92 Å². The monoisotopic (exact) mass is 269 g/mol. The number of benzene rings is 2. The maximum absolute atomic E-state index is 12.1. The summed E-state index contributed by atoms with van der Waals surface area (Å²) < 4.78 is 5.61. The Morgan fingerprint density at radius 3 is 2.50 bits per heavy atom. The molecule has 3 nitrogen and oxygen atoms in total. The molecule has 0 aromatic heterocycles. The summed E-state index contributed by atoms with van der Waals surface area (Å²) in [6, 6.07) is 15.3. The SMILES string of the molecule is Cc1ccc(C)c(NC(=O)C(C)Oc2ccccc2)c1. The van der Waals surface area contributed by atoms with Gasteiger partial charge in [0.05, 0.1) is 0 Å². The summed E-state index contributed by atoms with van der Waals surface area (Å²) in [7, 11) is 0. The second-order valence-electron chi connectivity index (χ2n) is 4.88. The molecule has 2 aromatic carbocycles. The molecule has 3 heteroatoms. The largest absolute Gasteiger partial charge is 0.481 e. The fraction of sp³-hybridized carbons (Fsp3) is 0.235. The number of rotatable bonds is 4. The molecule has 1 amide bonds. The first-order chi connectivity index (χ1) is 9.56. The highest BCUT2D eigenvalue weighted by molar-refractivity contribution is 5.94. The molecule has 20 heavy (non-hydrogen) atoms. The Bertz CT molecular complexity index is 593.